The molecule has 0 aromatic rings. The Bertz CT molecular complexity index is 377. The third-order valence-electron chi connectivity index (χ3n) is 4.67. The van der Waals surface area contributed by atoms with Crippen LogP contribution in [0.15, 0.2) is 0 Å². The molecule has 2 rings (SSSR count). The highest BCUT2D eigenvalue weighted by molar-refractivity contribution is 7.99. The van der Waals surface area contributed by atoms with E-state index >= 15 is 0 Å². The van der Waals surface area contributed by atoms with Crippen molar-refractivity contribution < 1.29 is 14.7 Å². The second-order valence-corrected chi connectivity index (χ2v) is 7.14. The topological polar surface area (TPSA) is 69.6 Å². The van der Waals surface area contributed by atoms with Crippen LogP contribution in [0.25, 0.3) is 0 Å². The molecule has 20 heavy (non-hydrogen) atoms. The lowest BCUT2D eigenvalue weighted by Crippen LogP contribution is -2.53. The van der Waals surface area contributed by atoms with Crippen LogP contribution in [0.3, 0.4) is 0 Å². The smallest absolute Gasteiger partial charge is 0.317 e. The molecule has 0 bridgehead atoms. The molecule has 1 aliphatic carbocycles. The van der Waals surface area contributed by atoms with Crippen LogP contribution in [0.1, 0.15) is 33.1 Å². The Hall–Kier alpha value is -0.910. The SMILES string of the molecule is CC1CCC(NC(=O)N2CCSCC2CC(=O)O)C1C. The van der Waals surface area contributed by atoms with E-state index in [1.807, 2.05) is 0 Å². The van der Waals surface area contributed by atoms with E-state index in [-0.39, 0.29) is 24.5 Å². The summed E-state index contributed by atoms with van der Waals surface area (Å²) < 4.78 is 0. The molecule has 1 aliphatic heterocycles. The van der Waals surface area contributed by atoms with Gasteiger partial charge in [0.15, 0.2) is 0 Å². The van der Waals surface area contributed by atoms with Gasteiger partial charge in [0.1, 0.15) is 0 Å². The Kier molecular flexibility index (Phi) is 5.18. The van der Waals surface area contributed by atoms with Crippen molar-refractivity contribution in [3.05, 3.63) is 0 Å². The summed E-state index contributed by atoms with van der Waals surface area (Å²) in [7, 11) is 0. The van der Waals surface area contributed by atoms with Gasteiger partial charge >= 0.3 is 12.0 Å². The molecular formula is C14H24N2O3S. The first-order valence-electron chi connectivity index (χ1n) is 7.35. The van der Waals surface area contributed by atoms with Gasteiger partial charge in [0.25, 0.3) is 0 Å². The van der Waals surface area contributed by atoms with Crippen molar-refractivity contribution in [3.8, 4) is 0 Å². The number of rotatable bonds is 3. The minimum atomic E-state index is -0.835. The molecule has 0 radical (unpaired) electrons. The molecule has 2 aliphatic rings. The van der Waals surface area contributed by atoms with Crippen LogP contribution in [0.2, 0.25) is 0 Å². The summed E-state index contributed by atoms with van der Waals surface area (Å²) in [6.45, 7) is 5.05. The predicted molar refractivity (Wildman–Crippen MR) is 80.0 cm³/mol. The third kappa shape index (κ3) is 3.59. The van der Waals surface area contributed by atoms with Gasteiger partial charge in [-0.1, -0.05) is 13.8 Å². The lowest BCUT2D eigenvalue weighted by Gasteiger charge is -2.36. The Labute approximate surface area is 124 Å². The van der Waals surface area contributed by atoms with Crippen LogP contribution in [-0.4, -0.2) is 52.1 Å². The van der Waals surface area contributed by atoms with Gasteiger partial charge in [0.05, 0.1) is 12.5 Å². The van der Waals surface area contributed by atoms with Gasteiger partial charge in [-0.15, -0.1) is 0 Å². The first-order chi connectivity index (χ1) is 9.49. The predicted octanol–water partition coefficient (Wildman–Crippen LogP) is 2.02. The summed E-state index contributed by atoms with van der Waals surface area (Å²) in [4.78, 5) is 25.0. The normalized spacial score (nSPS) is 34.0. The fraction of sp³-hybridized carbons (Fsp3) is 0.857. The number of carbonyl (C=O) groups is 2. The van der Waals surface area contributed by atoms with Crippen LogP contribution in [0.4, 0.5) is 4.79 Å². The number of amides is 2. The number of carbonyl (C=O) groups excluding carboxylic acids is 1. The molecule has 5 nitrogen and oxygen atoms in total. The number of nitrogens with one attached hydrogen (secondary N) is 1. The monoisotopic (exact) mass is 300 g/mol. The Morgan fingerprint density at radius 3 is 2.70 bits per heavy atom. The number of thioether (sulfide) groups is 1. The van der Waals surface area contributed by atoms with Crippen molar-refractivity contribution in [2.75, 3.05) is 18.1 Å². The van der Waals surface area contributed by atoms with Crippen LogP contribution in [0.5, 0.6) is 0 Å². The van der Waals surface area contributed by atoms with E-state index in [9.17, 15) is 9.59 Å². The van der Waals surface area contributed by atoms with Crippen molar-refractivity contribution in [1.29, 1.82) is 0 Å². The quantitative estimate of drug-likeness (QED) is 0.836. The number of carboxylic acid groups (broad SMARTS) is 1. The standard InChI is InChI=1S/C14H24N2O3S/c1-9-3-4-12(10(9)2)15-14(19)16-5-6-20-8-11(16)7-13(17)18/h9-12H,3-8H2,1-2H3,(H,15,19)(H,17,18). The molecule has 2 N–H and O–H groups in total. The van der Waals surface area contributed by atoms with E-state index in [2.05, 4.69) is 19.2 Å². The van der Waals surface area contributed by atoms with Gasteiger partial charge in [0, 0.05) is 24.1 Å². The molecular weight excluding hydrogens is 276 g/mol. The van der Waals surface area contributed by atoms with E-state index < -0.39 is 5.97 Å². The summed E-state index contributed by atoms with van der Waals surface area (Å²) in [5.74, 6) is 1.91. The summed E-state index contributed by atoms with van der Waals surface area (Å²) in [6, 6.07) is -0.0274. The van der Waals surface area contributed by atoms with Gasteiger partial charge < -0.3 is 15.3 Å². The maximum Gasteiger partial charge on any atom is 0.317 e. The van der Waals surface area contributed by atoms with Crippen molar-refractivity contribution >= 4 is 23.8 Å². The maximum atomic E-state index is 12.4. The van der Waals surface area contributed by atoms with Crippen LogP contribution in [0, 0.1) is 11.8 Å². The lowest BCUT2D eigenvalue weighted by atomic mass is 9.98. The molecule has 4 unspecified atom stereocenters. The van der Waals surface area contributed by atoms with E-state index in [0.717, 1.165) is 24.3 Å². The fourth-order valence-electron chi connectivity index (χ4n) is 3.10. The molecule has 0 aromatic heterocycles. The summed E-state index contributed by atoms with van der Waals surface area (Å²) in [5.41, 5.74) is 0. The second-order valence-electron chi connectivity index (χ2n) is 5.99. The highest BCUT2D eigenvalue weighted by Crippen LogP contribution is 2.31. The number of carboxylic acids is 1. The maximum absolute atomic E-state index is 12.4. The molecule has 4 atom stereocenters. The summed E-state index contributed by atoms with van der Waals surface area (Å²) in [5, 5.41) is 12.1. The van der Waals surface area contributed by atoms with Crippen molar-refractivity contribution in [2.24, 2.45) is 11.8 Å². The van der Waals surface area contributed by atoms with Gasteiger partial charge in [0.2, 0.25) is 0 Å². The van der Waals surface area contributed by atoms with Crippen molar-refractivity contribution in [1.82, 2.24) is 10.2 Å². The minimum Gasteiger partial charge on any atom is -0.481 e. The first-order valence-corrected chi connectivity index (χ1v) is 8.51. The van der Waals surface area contributed by atoms with Crippen molar-refractivity contribution in [2.45, 2.75) is 45.2 Å². The number of hydrogen-bond donors (Lipinski definition) is 2. The number of nitrogens with zero attached hydrogens (tertiary/aromatic N) is 1. The summed E-state index contributed by atoms with van der Waals surface area (Å²) in [6.07, 6.45) is 2.22. The molecule has 1 saturated carbocycles. The Morgan fingerprint density at radius 1 is 1.35 bits per heavy atom. The van der Waals surface area contributed by atoms with E-state index in [1.165, 1.54) is 0 Å². The molecule has 114 valence electrons. The van der Waals surface area contributed by atoms with Gasteiger partial charge in [-0.2, -0.15) is 11.8 Å². The van der Waals surface area contributed by atoms with Gasteiger partial charge in [-0.05, 0) is 24.7 Å². The number of hydrogen-bond acceptors (Lipinski definition) is 3. The van der Waals surface area contributed by atoms with Crippen LogP contribution in [-0.2, 0) is 4.79 Å². The van der Waals surface area contributed by atoms with Crippen LogP contribution < -0.4 is 5.32 Å². The molecule has 1 heterocycles. The van der Waals surface area contributed by atoms with E-state index in [0.29, 0.717) is 18.4 Å². The van der Waals surface area contributed by atoms with Gasteiger partial charge in [-0.3, -0.25) is 4.79 Å². The average Bonchev–Trinajstić information content (AvgIpc) is 2.70. The third-order valence-corrected chi connectivity index (χ3v) is 5.76. The molecule has 2 fully saturated rings. The second kappa shape index (κ2) is 6.70. The summed E-state index contributed by atoms with van der Waals surface area (Å²) >= 11 is 1.72. The zero-order chi connectivity index (χ0) is 14.7. The zero-order valence-electron chi connectivity index (χ0n) is 12.2. The molecule has 2 amide bonds. The average molecular weight is 300 g/mol. The molecule has 0 aromatic carbocycles. The van der Waals surface area contributed by atoms with E-state index in [4.69, 9.17) is 5.11 Å². The lowest BCUT2D eigenvalue weighted by molar-refractivity contribution is -0.138. The zero-order valence-corrected chi connectivity index (χ0v) is 13.0. The highest BCUT2D eigenvalue weighted by Gasteiger charge is 2.34. The molecule has 0 spiro atoms. The molecule has 1 saturated heterocycles. The van der Waals surface area contributed by atoms with Gasteiger partial charge in [-0.25, -0.2) is 4.79 Å². The number of aliphatic carboxylic acids is 1. The Balaban J connectivity index is 1.94. The number of urea groups is 1. The minimum absolute atomic E-state index is 0.0387. The van der Waals surface area contributed by atoms with E-state index in [1.54, 1.807) is 16.7 Å². The van der Waals surface area contributed by atoms with Crippen molar-refractivity contribution in [3.63, 3.8) is 0 Å². The van der Waals surface area contributed by atoms with Crippen LogP contribution >= 0.6 is 11.8 Å². The first kappa shape index (κ1) is 15.5. The highest BCUT2D eigenvalue weighted by atomic mass is 32.2. The largest absolute Gasteiger partial charge is 0.481 e. The Morgan fingerprint density at radius 2 is 2.10 bits per heavy atom. The molecule has 6 heteroatoms. The fourth-order valence-corrected chi connectivity index (χ4v) is 4.17.